The molecule has 5 nitrogen and oxygen atoms in total. The van der Waals surface area contributed by atoms with Gasteiger partial charge in [0.1, 0.15) is 0 Å². The lowest BCUT2D eigenvalue weighted by Crippen LogP contribution is -2.51. The Morgan fingerprint density at radius 1 is 1.17 bits per heavy atom. The van der Waals surface area contributed by atoms with Crippen LogP contribution in [0.15, 0.2) is 0 Å². The molecule has 2 aliphatic rings. The van der Waals surface area contributed by atoms with Crippen LogP contribution >= 0.6 is 0 Å². The Balaban J connectivity index is 1.84. The molecule has 1 N–H and O–H groups in total. The van der Waals surface area contributed by atoms with Gasteiger partial charge in [-0.05, 0) is 18.8 Å². The highest BCUT2D eigenvalue weighted by molar-refractivity contribution is 6.35. The van der Waals surface area contributed by atoms with Crippen molar-refractivity contribution in [2.75, 3.05) is 26.3 Å². The van der Waals surface area contributed by atoms with Crippen molar-refractivity contribution >= 4 is 11.8 Å². The van der Waals surface area contributed by atoms with Gasteiger partial charge in [-0.25, -0.2) is 0 Å². The second-order valence-corrected chi connectivity index (χ2v) is 5.25. The predicted octanol–water partition coefficient (Wildman–Crippen LogP) is 0.540. The van der Waals surface area contributed by atoms with Crippen molar-refractivity contribution in [3.05, 3.63) is 0 Å². The number of morpholine rings is 1. The molecule has 1 aliphatic heterocycles. The molecule has 0 bridgehead atoms. The summed E-state index contributed by atoms with van der Waals surface area (Å²) in [5, 5.41) is 2.89. The lowest BCUT2D eigenvalue weighted by Gasteiger charge is -2.31. The van der Waals surface area contributed by atoms with Gasteiger partial charge in [0.2, 0.25) is 0 Å². The van der Waals surface area contributed by atoms with Crippen molar-refractivity contribution in [2.45, 2.75) is 38.6 Å². The Hall–Kier alpha value is -1.10. The zero-order chi connectivity index (χ0) is 13.0. The SMILES string of the molecule is CC1CCCCC1NC(=O)C(=O)N1CCOCC1. The highest BCUT2D eigenvalue weighted by Crippen LogP contribution is 2.23. The fourth-order valence-electron chi connectivity index (χ4n) is 2.67. The summed E-state index contributed by atoms with van der Waals surface area (Å²) in [6.45, 7) is 4.24. The second-order valence-electron chi connectivity index (χ2n) is 5.25. The van der Waals surface area contributed by atoms with E-state index < -0.39 is 11.8 Å². The average molecular weight is 254 g/mol. The molecule has 0 spiro atoms. The van der Waals surface area contributed by atoms with E-state index in [0.29, 0.717) is 32.2 Å². The molecule has 2 unspecified atom stereocenters. The first-order valence-electron chi connectivity index (χ1n) is 6.86. The van der Waals surface area contributed by atoms with Gasteiger partial charge in [0, 0.05) is 19.1 Å². The zero-order valence-corrected chi connectivity index (χ0v) is 11.0. The van der Waals surface area contributed by atoms with Crippen LogP contribution in [0.5, 0.6) is 0 Å². The lowest BCUT2D eigenvalue weighted by molar-refractivity contribution is -0.149. The first-order valence-corrected chi connectivity index (χ1v) is 6.86. The number of nitrogens with zero attached hydrogens (tertiary/aromatic N) is 1. The molecule has 0 aromatic rings. The summed E-state index contributed by atoms with van der Waals surface area (Å²) in [7, 11) is 0. The molecule has 102 valence electrons. The molecule has 18 heavy (non-hydrogen) atoms. The van der Waals surface area contributed by atoms with E-state index in [1.54, 1.807) is 4.90 Å². The fourth-order valence-corrected chi connectivity index (χ4v) is 2.67. The molecular weight excluding hydrogens is 232 g/mol. The van der Waals surface area contributed by atoms with E-state index in [9.17, 15) is 9.59 Å². The minimum atomic E-state index is -0.448. The molecule has 2 atom stereocenters. The summed E-state index contributed by atoms with van der Waals surface area (Å²) in [6, 6.07) is 0.163. The van der Waals surface area contributed by atoms with Crippen LogP contribution in [0.2, 0.25) is 0 Å². The first kappa shape index (κ1) is 13.3. The number of ether oxygens (including phenoxy) is 1. The van der Waals surface area contributed by atoms with Crippen molar-refractivity contribution in [2.24, 2.45) is 5.92 Å². The van der Waals surface area contributed by atoms with Crippen molar-refractivity contribution in [3.8, 4) is 0 Å². The Morgan fingerprint density at radius 2 is 1.83 bits per heavy atom. The van der Waals surface area contributed by atoms with Crippen LogP contribution in [-0.2, 0) is 14.3 Å². The van der Waals surface area contributed by atoms with Crippen LogP contribution in [0.1, 0.15) is 32.6 Å². The molecule has 0 aromatic carbocycles. The van der Waals surface area contributed by atoms with Gasteiger partial charge in [-0.2, -0.15) is 0 Å². The monoisotopic (exact) mass is 254 g/mol. The maximum Gasteiger partial charge on any atom is 0.312 e. The van der Waals surface area contributed by atoms with Gasteiger partial charge in [-0.15, -0.1) is 0 Å². The van der Waals surface area contributed by atoms with Gasteiger partial charge in [-0.3, -0.25) is 9.59 Å². The molecule has 5 heteroatoms. The third-order valence-electron chi connectivity index (χ3n) is 3.92. The number of hydrogen-bond donors (Lipinski definition) is 1. The molecule has 0 aromatic heterocycles. The van der Waals surface area contributed by atoms with E-state index in [4.69, 9.17) is 4.74 Å². The zero-order valence-electron chi connectivity index (χ0n) is 11.0. The second kappa shape index (κ2) is 6.18. The number of hydrogen-bond acceptors (Lipinski definition) is 3. The van der Waals surface area contributed by atoms with Gasteiger partial charge >= 0.3 is 11.8 Å². The molecule has 2 rings (SSSR count). The number of rotatable bonds is 1. The van der Waals surface area contributed by atoms with E-state index in [1.807, 2.05) is 0 Å². The maximum absolute atomic E-state index is 11.9. The maximum atomic E-state index is 11.9. The Labute approximate surface area is 108 Å². The van der Waals surface area contributed by atoms with E-state index in [0.717, 1.165) is 19.3 Å². The minimum absolute atomic E-state index is 0.163. The molecule has 1 aliphatic carbocycles. The van der Waals surface area contributed by atoms with Crippen LogP contribution in [0.3, 0.4) is 0 Å². The van der Waals surface area contributed by atoms with E-state index in [-0.39, 0.29) is 6.04 Å². The van der Waals surface area contributed by atoms with Crippen molar-refractivity contribution < 1.29 is 14.3 Å². The highest BCUT2D eigenvalue weighted by atomic mass is 16.5. The van der Waals surface area contributed by atoms with E-state index >= 15 is 0 Å². The molecule has 0 radical (unpaired) electrons. The molecule has 1 heterocycles. The molecule has 2 fully saturated rings. The van der Waals surface area contributed by atoms with Gasteiger partial charge < -0.3 is 15.0 Å². The third kappa shape index (κ3) is 3.22. The van der Waals surface area contributed by atoms with Crippen molar-refractivity contribution in [1.82, 2.24) is 10.2 Å². The third-order valence-corrected chi connectivity index (χ3v) is 3.92. The summed E-state index contributed by atoms with van der Waals surface area (Å²) in [5.41, 5.74) is 0. The molecule has 2 amide bonds. The van der Waals surface area contributed by atoms with Gasteiger partial charge in [0.05, 0.1) is 13.2 Å². The molecule has 1 saturated heterocycles. The van der Waals surface area contributed by atoms with Crippen LogP contribution in [-0.4, -0.2) is 49.1 Å². The van der Waals surface area contributed by atoms with Crippen molar-refractivity contribution in [1.29, 1.82) is 0 Å². The normalized spacial score (nSPS) is 28.8. The highest BCUT2D eigenvalue weighted by Gasteiger charge is 2.28. The number of nitrogens with one attached hydrogen (secondary N) is 1. The van der Waals surface area contributed by atoms with E-state index in [1.165, 1.54) is 6.42 Å². The molecule has 1 saturated carbocycles. The average Bonchev–Trinajstić information content (AvgIpc) is 2.41. The summed E-state index contributed by atoms with van der Waals surface area (Å²) < 4.78 is 5.17. The van der Waals surface area contributed by atoms with Gasteiger partial charge in [-0.1, -0.05) is 19.8 Å². The standard InChI is InChI=1S/C13H22N2O3/c1-10-4-2-3-5-11(10)14-12(16)13(17)15-6-8-18-9-7-15/h10-11H,2-9H2,1H3,(H,14,16). The summed E-state index contributed by atoms with van der Waals surface area (Å²) in [4.78, 5) is 25.4. The summed E-state index contributed by atoms with van der Waals surface area (Å²) in [6.07, 6.45) is 4.49. The van der Waals surface area contributed by atoms with Gasteiger partial charge in [0.25, 0.3) is 0 Å². The number of amides is 2. The smallest absolute Gasteiger partial charge is 0.312 e. The van der Waals surface area contributed by atoms with Crippen LogP contribution < -0.4 is 5.32 Å². The topological polar surface area (TPSA) is 58.6 Å². The summed E-state index contributed by atoms with van der Waals surface area (Å²) in [5.74, 6) is -0.382. The first-order chi connectivity index (χ1) is 8.68. The van der Waals surface area contributed by atoms with Crippen LogP contribution in [0, 0.1) is 5.92 Å². The minimum Gasteiger partial charge on any atom is -0.378 e. The Morgan fingerprint density at radius 3 is 2.50 bits per heavy atom. The van der Waals surface area contributed by atoms with Crippen LogP contribution in [0.25, 0.3) is 0 Å². The van der Waals surface area contributed by atoms with Gasteiger partial charge in [0.15, 0.2) is 0 Å². The van der Waals surface area contributed by atoms with Crippen LogP contribution in [0.4, 0.5) is 0 Å². The lowest BCUT2D eigenvalue weighted by atomic mass is 9.86. The number of carbonyl (C=O) groups is 2. The number of carbonyl (C=O) groups excluding carboxylic acids is 2. The Bertz CT molecular complexity index is 313. The summed E-state index contributed by atoms with van der Waals surface area (Å²) >= 11 is 0. The quantitative estimate of drug-likeness (QED) is 0.695. The molecular formula is C13H22N2O3. The van der Waals surface area contributed by atoms with Crippen molar-refractivity contribution in [3.63, 3.8) is 0 Å². The Kier molecular flexibility index (Phi) is 4.58. The predicted molar refractivity (Wildman–Crippen MR) is 67.0 cm³/mol. The van der Waals surface area contributed by atoms with E-state index in [2.05, 4.69) is 12.2 Å². The fraction of sp³-hybridized carbons (Fsp3) is 0.846. The largest absolute Gasteiger partial charge is 0.378 e.